The third kappa shape index (κ3) is 3.94. The SMILES string of the molecule is COc1cc2c(Oc3ccc(F)cc3)c(OC(=O)Nc3nn[nH]n3)sc2cc1C. The molecule has 0 fully saturated rings. The van der Waals surface area contributed by atoms with Gasteiger partial charge in [-0.25, -0.2) is 9.18 Å². The van der Waals surface area contributed by atoms with Gasteiger partial charge in [0.05, 0.1) is 7.11 Å². The van der Waals surface area contributed by atoms with Gasteiger partial charge in [0.2, 0.25) is 5.06 Å². The predicted molar refractivity (Wildman–Crippen MR) is 103 cm³/mol. The molecule has 0 unspecified atom stereocenters. The molecule has 11 heteroatoms. The maximum absolute atomic E-state index is 13.2. The molecule has 0 radical (unpaired) electrons. The number of nitrogens with one attached hydrogen (secondary N) is 2. The van der Waals surface area contributed by atoms with E-state index in [-0.39, 0.29) is 16.8 Å². The standard InChI is InChI=1S/C18H14FN5O4S/c1-9-7-14-12(8-13(9)26-2)15(27-11-5-3-10(19)4-6-11)16(29-14)28-18(25)20-17-21-23-24-22-17/h3-8H,1-2H3,(H2,20,21,22,23,24,25). The van der Waals surface area contributed by atoms with Crippen molar-refractivity contribution in [3.63, 3.8) is 0 Å². The topological polar surface area (TPSA) is 111 Å². The van der Waals surface area contributed by atoms with Gasteiger partial charge in [-0.1, -0.05) is 16.4 Å². The van der Waals surface area contributed by atoms with Crippen molar-refractivity contribution in [3.05, 3.63) is 47.8 Å². The molecule has 0 spiro atoms. The first-order valence-corrected chi connectivity index (χ1v) is 9.12. The molecule has 29 heavy (non-hydrogen) atoms. The lowest BCUT2D eigenvalue weighted by Crippen LogP contribution is -2.17. The summed E-state index contributed by atoms with van der Waals surface area (Å²) in [6.07, 6.45) is -0.814. The van der Waals surface area contributed by atoms with Gasteiger partial charge < -0.3 is 14.2 Å². The van der Waals surface area contributed by atoms with E-state index in [0.717, 1.165) is 10.3 Å². The molecule has 9 nitrogen and oxygen atoms in total. The Morgan fingerprint density at radius 2 is 2.03 bits per heavy atom. The van der Waals surface area contributed by atoms with E-state index in [0.29, 0.717) is 22.6 Å². The van der Waals surface area contributed by atoms with Crippen LogP contribution < -0.4 is 19.5 Å². The van der Waals surface area contributed by atoms with Gasteiger partial charge >= 0.3 is 6.09 Å². The van der Waals surface area contributed by atoms with Crippen LogP contribution in [0.5, 0.6) is 22.3 Å². The fraction of sp³-hybridized carbons (Fsp3) is 0.111. The lowest BCUT2D eigenvalue weighted by atomic mass is 10.1. The molecule has 2 aromatic heterocycles. The van der Waals surface area contributed by atoms with Crippen LogP contribution in [0.1, 0.15) is 5.56 Å². The third-order valence-corrected chi connectivity index (χ3v) is 4.92. The van der Waals surface area contributed by atoms with Crippen molar-refractivity contribution in [2.24, 2.45) is 0 Å². The fourth-order valence-corrected chi connectivity index (χ4v) is 3.66. The molecular formula is C18H14FN5O4S. The smallest absolute Gasteiger partial charge is 0.420 e. The zero-order valence-electron chi connectivity index (χ0n) is 15.2. The highest BCUT2D eigenvalue weighted by Crippen LogP contribution is 2.48. The van der Waals surface area contributed by atoms with E-state index in [2.05, 4.69) is 25.9 Å². The van der Waals surface area contributed by atoms with Gasteiger partial charge in [0.15, 0.2) is 5.75 Å². The number of aromatic nitrogens is 4. The minimum Gasteiger partial charge on any atom is -0.496 e. The molecule has 4 aromatic rings. The Morgan fingerprint density at radius 3 is 2.72 bits per heavy atom. The van der Waals surface area contributed by atoms with Crippen LogP contribution in [0.25, 0.3) is 10.1 Å². The van der Waals surface area contributed by atoms with E-state index in [4.69, 9.17) is 14.2 Å². The normalized spacial score (nSPS) is 10.7. The van der Waals surface area contributed by atoms with E-state index < -0.39 is 6.09 Å². The Kier molecular flexibility index (Phi) is 4.96. The second kappa shape index (κ2) is 7.72. The monoisotopic (exact) mass is 415 g/mol. The van der Waals surface area contributed by atoms with Gasteiger partial charge in [-0.15, -0.1) is 5.10 Å². The molecule has 0 atom stereocenters. The molecule has 0 aliphatic rings. The Balaban J connectivity index is 1.72. The Bertz CT molecular complexity index is 1160. The summed E-state index contributed by atoms with van der Waals surface area (Å²) >= 11 is 1.22. The largest absolute Gasteiger partial charge is 0.496 e. The molecule has 0 aliphatic heterocycles. The maximum Gasteiger partial charge on any atom is 0.420 e. The summed E-state index contributed by atoms with van der Waals surface area (Å²) in [4.78, 5) is 12.2. The number of benzene rings is 2. The number of hydrogen-bond acceptors (Lipinski definition) is 8. The second-order valence-corrected chi connectivity index (χ2v) is 6.86. The molecule has 0 saturated carbocycles. The number of ether oxygens (including phenoxy) is 3. The number of tetrazole rings is 1. The summed E-state index contributed by atoms with van der Waals surface area (Å²) in [6, 6.07) is 9.21. The lowest BCUT2D eigenvalue weighted by Gasteiger charge is -2.09. The summed E-state index contributed by atoms with van der Waals surface area (Å²) in [5.41, 5.74) is 0.914. The number of halogens is 1. The van der Waals surface area contributed by atoms with Crippen molar-refractivity contribution < 1.29 is 23.4 Å². The van der Waals surface area contributed by atoms with Crippen molar-refractivity contribution in [3.8, 4) is 22.3 Å². The van der Waals surface area contributed by atoms with E-state index in [1.165, 1.54) is 35.6 Å². The highest BCUT2D eigenvalue weighted by molar-refractivity contribution is 7.21. The maximum atomic E-state index is 13.2. The Hall–Kier alpha value is -3.73. The van der Waals surface area contributed by atoms with Crippen LogP contribution in [0.4, 0.5) is 15.1 Å². The third-order valence-electron chi connectivity index (χ3n) is 3.91. The van der Waals surface area contributed by atoms with E-state index in [1.807, 2.05) is 13.0 Å². The Labute approximate surface area is 167 Å². The van der Waals surface area contributed by atoms with Crippen LogP contribution >= 0.6 is 11.3 Å². The first-order chi connectivity index (χ1) is 14.0. The number of anilines is 1. The number of amides is 1. The van der Waals surface area contributed by atoms with Gasteiger partial charge in [-0.05, 0) is 54.1 Å². The molecule has 148 valence electrons. The van der Waals surface area contributed by atoms with Gasteiger partial charge in [-0.3, -0.25) is 5.32 Å². The number of aromatic amines is 1. The average Bonchev–Trinajstić information content (AvgIpc) is 3.31. The van der Waals surface area contributed by atoms with Gasteiger partial charge in [0.1, 0.15) is 17.3 Å². The molecule has 2 heterocycles. The number of hydrogen-bond donors (Lipinski definition) is 2. The summed E-state index contributed by atoms with van der Waals surface area (Å²) in [6.45, 7) is 1.90. The van der Waals surface area contributed by atoms with Crippen molar-refractivity contribution in [1.82, 2.24) is 20.6 Å². The number of aryl methyl sites for hydroxylation is 1. The average molecular weight is 415 g/mol. The first kappa shape index (κ1) is 18.6. The van der Waals surface area contributed by atoms with E-state index in [9.17, 15) is 9.18 Å². The van der Waals surface area contributed by atoms with Crippen LogP contribution in [0.2, 0.25) is 0 Å². The van der Waals surface area contributed by atoms with Gasteiger partial charge in [0.25, 0.3) is 5.95 Å². The molecular weight excluding hydrogens is 401 g/mol. The molecule has 0 aliphatic carbocycles. The number of nitrogens with zero attached hydrogens (tertiary/aromatic N) is 3. The Morgan fingerprint density at radius 1 is 1.24 bits per heavy atom. The molecule has 0 bridgehead atoms. The van der Waals surface area contributed by atoms with Gasteiger partial charge in [0, 0.05) is 10.1 Å². The van der Waals surface area contributed by atoms with Crippen molar-refractivity contribution in [1.29, 1.82) is 0 Å². The van der Waals surface area contributed by atoms with Crippen LogP contribution in [-0.2, 0) is 0 Å². The van der Waals surface area contributed by atoms with Crippen LogP contribution in [0.15, 0.2) is 36.4 Å². The van der Waals surface area contributed by atoms with E-state index in [1.54, 1.807) is 13.2 Å². The second-order valence-electron chi connectivity index (χ2n) is 5.84. The number of carbonyl (C=O) groups is 1. The summed E-state index contributed by atoms with van der Waals surface area (Å²) in [5, 5.41) is 16.1. The highest BCUT2D eigenvalue weighted by atomic mass is 32.1. The minimum atomic E-state index is -0.814. The number of H-pyrrole nitrogens is 1. The summed E-state index contributed by atoms with van der Waals surface area (Å²) in [5.74, 6) is 0.921. The van der Waals surface area contributed by atoms with Crippen molar-refractivity contribution in [2.75, 3.05) is 12.4 Å². The molecule has 4 rings (SSSR count). The lowest BCUT2D eigenvalue weighted by molar-refractivity contribution is 0.215. The summed E-state index contributed by atoms with van der Waals surface area (Å²) in [7, 11) is 1.57. The highest BCUT2D eigenvalue weighted by Gasteiger charge is 2.21. The van der Waals surface area contributed by atoms with Crippen molar-refractivity contribution >= 4 is 33.5 Å². The number of rotatable bonds is 5. The zero-order valence-corrected chi connectivity index (χ0v) is 16.0. The first-order valence-electron chi connectivity index (χ1n) is 8.30. The predicted octanol–water partition coefficient (Wildman–Crippen LogP) is 4.27. The number of fused-ring (bicyclic) bond motifs is 1. The van der Waals surface area contributed by atoms with E-state index >= 15 is 0 Å². The van der Waals surface area contributed by atoms with Gasteiger partial charge in [-0.2, -0.15) is 5.21 Å². The summed E-state index contributed by atoms with van der Waals surface area (Å²) < 4.78 is 30.8. The van der Waals surface area contributed by atoms with Crippen LogP contribution in [-0.4, -0.2) is 33.8 Å². The number of carbonyl (C=O) groups excluding carboxylic acids is 1. The number of methoxy groups -OCH3 is 1. The molecule has 1 amide bonds. The van der Waals surface area contributed by atoms with Crippen molar-refractivity contribution in [2.45, 2.75) is 6.92 Å². The zero-order chi connectivity index (χ0) is 20.4. The quantitative estimate of drug-likeness (QED) is 0.501. The minimum absolute atomic E-state index is 0.0328. The molecule has 2 aromatic carbocycles. The fourth-order valence-electron chi connectivity index (χ4n) is 2.60. The van der Waals surface area contributed by atoms with Crippen LogP contribution in [0, 0.1) is 12.7 Å². The molecule has 2 N–H and O–H groups in total. The number of thiophene rings is 1. The van der Waals surface area contributed by atoms with Crippen LogP contribution in [0.3, 0.4) is 0 Å². The molecule has 0 saturated heterocycles.